The molecule has 1 saturated heterocycles. The van der Waals surface area contributed by atoms with E-state index < -0.39 is 19.9 Å². The van der Waals surface area contributed by atoms with Crippen LogP contribution in [0.4, 0.5) is 0 Å². The molecule has 1 amide bonds. The Bertz CT molecular complexity index is 514. The molecular formula is C9H19N3O5S2. The lowest BCUT2D eigenvalue weighted by molar-refractivity contribution is -0.121. The zero-order valence-electron chi connectivity index (χ0n) is 10.5. The number of nitrogens with one attached hydrogen (secondary N) is 2. The number of sulfone groups is 1. The third kappa shape index (κ3) is 7.45. The summed E-state index contributed by atoms with van der Waals surface area (Å²) in [7, 11) is -6.57. The van der Waals surface area contributed by atoms with E-state index in [0.29, 0.717) is 6.54 Å². The van der Waals surface area contributed by atoms with Crippen LogP contribution in [0.3, 0.4) is 0 Å². The molecule has 1 heterocycles. The summed E-state index contributed by atoms with van der Waals surface area (Å²) in [6.07, 6.45) is 0.301. The first-order valence-corrected chi connectivity index (χ1v) is 9.43. The molecule has 8 nitrogen and oxygen atoms in total. The van der Waals surface area contributed by atoms with Crippen LogP contribution in [-0.2, 0) is 24.7 Å². The molecule has 1 atom stereocenters. The van der Waals surface area contributed by atoms with E-state index in [4.69, 9.17) is 5.14 Å². The fourth-order valence-corrected chi connectivity index (χ4v) is 3.79. The van der Waals surface area contributed by atoms with Gasteiger partial charge in [-0.15, -0.1) is 0 Å². The van der Waals surface area contributed by atoms with Crippen LogP contribution in [0.25, 0.3) is 0 Å². The molecule has 0 aliphatic carbocycles. The minimum Gasteiger partial charge on any atom is -0.356 e. The fourth-order valence-electron chi connectivity index (χ4n) is 1.80. The van der Waals surface area contributed by atoms with Crippen LogP contribution in [0.2, 0.25) is 0 Å². The number of amides is 1. The summed E-state index contributed by atoms with van der Waals surface area (Å²) in [5, 5.41) is 10.3. The molecule has 0 aromatic heterocycles. The Morgan fingerprint density at radius 2 is 2.11 bits per heavy atom. The predicted molar refractivity (Wildman–Crippen MR) is 70.7 cm³/mol. The molecule has 0 saturated carbocycles. The molecule has 1 unspecified atom stereocenters. The van der Waals surface area contributed by atoms with Gasteiger partial charge in [-0.2, -0.15) is 0 Å². The lowest BCUT2D eigenvalue weighted by Crippen LogP contribution is -2.47. The van der Waals surface area contributed by atoms with E-state index >= 15 is 0 Å². The van der Waals surface area contributed by atoms with E-state index in [0.717, 1.165) is 0 Å². The van der Waals surface area contributed by atoms with Gasteiger partial charge in [0.15, 0.2) is 9.84 Å². The minimum atomic E-state index is -3.51. The Hall–Kier alpha value is -0.710. The van der Waals surface area contributed by atoms with E-state index in [1.54, 1.807) is 0 Å². The van der Waals surface area contributed by atoms with Gasteiger partial charge in [0.25, 0.3) is 0 Å². The number of nitrogens with two attached hydrogens (primary N) is 1. The molecule has 0 aromatic carbocycles. The van der Waals surface area contributed by atoms with Gasteiger partial charge in [-0.1, -0.05) is 0 Å². The SMILES string of the molecule is NS(=O)(=O)CCCNC(=O)CC1CS(=O)(=O)CCN1. The van der Waals surface area contributed by atoms with Crippen molar-refractivity contribution in [3.8, 4) is 0 Å². The van der Waals surface area contributed by atoms with Gasteiger partial charge in [-0.05, 0) is 6.42 Å². The third-order valence-electron chi connectivity index (χ3n) is 2.66. The second kappa shape index (κ2) is 6.64. The molecule has 4 N–H and O–H groups in total. The summed E-state index contributed by atoms with van der Waals surface area (Å²) < 4.78 is 44.0. The first-order valence-electron chi connectivity index (χ1n) is 5.89. The van der Waals surface area contributed by atoms with Crippen molar-refractivity contribution in [3.05, 3.63) is 0 Å². The standard InChI is InChI=1S/C9H19N3O5S2/c10-19(16,17)4-1-2-12-9(13)6-8-7-18(14,15)5-3-11-8/h8,11H,1-7H2,(H,12,13)(H2,10,16,17). The lowest BCUT2D eigenvalue weighted by atomic mass is 10.2. The molecular weight excluding hydrogens is 294 g/mol. The Morgan fingerprint density at radius 3 is 2.68 bits per heavy atom. The van der Waals surface area contributed by atoms with Crippen LogP contribution in [0.15, 0.2) is 0 Å². The van der Waals surface area contributed by atoms with Crippen molar-refractivity contribution in [3.63, 3.8) is 0 Å². The summed E-state index contributed by atoms with van der Waals surface area (Å²) >= 11 is 0. The van der Waals surface area contributed by atoms with Crippen LogP contribution in [0.5, 0.6) is 0 Å². The van der Waals surface area contributed by atoms with E-state index in [1.165, 1.54) is 0 Å². The van der Waals surface area contributed by atoms with Gasteiger partial charge >= 0.3 is 0 Å². The van der Waals surface area contributed by atoms with Crippen molar-refractivity contribution in [2.75, 3.05) is 30.3 Å². The summed E-state index contributed by atoms with van der Waals surface area (Å²) in [4.78, 5) is 11.5. The van der Waals surface area contributed by atoms with Gasteiger partial charge in [0.05, 0.1) is 17.3 Å². The predicted octanol–water partition coefficient (Wildman–Crippen LogP) is -2.44. The maximum absolute atomic E-state index is 11.5. The molecule has 1 fully saturated rings. The minimum absolute atomic E-state index is 0.0440. The zero-order chi connectivity index (χ0) is 14.5. The molecule has 1 aliphatic rings. The van der Waals surface area contributed by atoms with Crippen molar-refractivity contribution >= 4 is 25.8 Å². The normalized spacial score (nSPS) is 22.9. The first-order chi connectivity index (χ1) is 8.68. The number of carbonyl (C=O) groups excluding carboxylic acids is 1. The maximum Gasteiger partial charge on any atom is 0.221 e. The first kappa shape index (κ1) is 16.3. The molecule has 0 radical (unpaired) electrons. The van der Waals surface area contributed by atoms with Gasteiger partial charge in [0, 0.05) is 25.6 Å². The summed E-state index contributed by atoms with van der Waals surface area (Å²) in [6.45, 7) is 0.556. The van der Waals surface area contributed by atoms with Crippen LogP contribution in [-0.4, -0.2) is 59.1 Å². The number of rotatable bonds is 6. The van der Waals surface area contributed by atoms with Crippen molar-refractivity contribution in [2.45, 2.75) is 18.9 Å². The summed E-state index contributed by atoms with van der Waals surface area (Å²) in [5.41, 5.74) is 0. The third-order valence-corrected chi connectivity index (χ3v) is 5.25. The average molecular weight is 313 g/mol. The summed E-state index contributed by atoms with van der Waals surface area (Å²) in [5.74, 6) is -0.440. The number of sulfonamides is 1. The molecule has 10 heteroatoms. The van der Waals surface area contributed by atoms with Crippen LogP contribution in [0.1, 0.15) is 12.8 Å². The fraction of sp³-hybridized carbons (Fsp3) is 0.889. The van der Waals surface area contributed by atoms with Gasteiger partial charge in [0.1, 0.15) is 0 Å². The highest BCUT2D eigenvalue weighted by Crippen LogP contribution is 2.04. The Balaban J connectivity index is 2.24. The van der Waals surface area contributed by atoms with E-state index in [-0.39, 0.29) is 48.6 Å². The molecule has 0 bridgehead atoms. The smallest absolute Gasteiger partial charge is 0.221 e. The lowest BCUT2D eigenvalue weighted by Gasteiger charge is -2.23. The van der Waals surface area contributed by atoms with Gasteiger partial charge in [-0.25, -0.2) is 22.0 Å². The Morgan fingerprint density at radius 1 is 1.42 bits per heavy atom. The monoisotopic (exact) mass is 313 g/mol. The molecule has 19 heavy (non-hydrogen) atoms. The quantitative estimate of drug-likeness (QED) is 0.466. The number of hydrogen-bond donors (Lipinski definition) is 3. The topological polar surface area (TPSA) is 135 Å². The molecule has 1 aliphatic heterocycles. The van der Waals surface area contributed by atoms with Gasteiger partial charge in [0.2, 0.25) is 15.9 Å². The second-order valence-corrected chi connectivity index (χ2v) is 8.50. The van der Waals surface area contributed by atoms with Crippen molar-refractivity contribution in [1.29, 1.82) is 0 Å². The Labute approximate surface area is 113 Å². The summed E-state index contributed by atoms with van der Waals surface area (Å²) in [6, 6.07) is -0.378. The second-order valence-electron chi connectivity index (χ2n) is 4.54. The highest BCUT2D eigenvalue weighted by molar-refractivity contribution is 7.91. The van der Waals surface area contributed by atoms with Crippen LogP contribution >= 0.6 is 0 Å². The van der Waals surface area contributed by atoms with Gasteiger partial charge in [-0.3, -0.25) is 4.79 Å². The zero-order valence-corrected chi connectivity index (χ0v) is 12.1. The van der Waals surface area contributed by atoms with E-state index in [1.807, 2.05) is 0 Å². The molecule has 0 aromatic rings. The molecule has 1 rings (SSSR count). The highest BCUT2D eigenvalue weighted by Gasteiger charge is 2.25. The van der Waals surface area contributed by atoms with Gasteiger partial charge < -0.3 is 10.6 Å². The molecule has 0 spiro atoms. The largest absolute Gasteiger partial charge is 0.356 e. The van der Waals surface area contributed by atoms with E-state index in [9.17, 15) is 21.6 Å². The van der Waals surface area contributed by atoms with Crippen molar-refractivity contribution in [2.24, 2.45) is 5.14 Å². The van der Waals surface area contributed by atoms with E-state index in [2.05, 4.69) is 10.6 Å². The van der Waals surface area contributed by atoms with Crippen molar-refractivity contribution in [1.82, 2.24) is 10.6 Å². The Kier molecular flexibility index (Phi) is 5.71. The average Bonchev–Trinajstić information content (AvgIpc) is 2.21. The highest BCUT2D eigenvalue weighted by atomic mass is 32.2. The van der Waals surface area contributed by atoms with Crippen molar-refractivity contribution < 1.29 is 21.6 Å². The number of carbonyl (C=O) groups is 1. The van der Waals surface area contributed by atoms with Crippen LogP contribution < -0.4 is 15.8 Å². The molecule has 112 valence electrons. The number of primary sulfonamides is 1. The maximum atomic E-state index is 11.5. The number of hydrogen-bond acceptors (Lipinski definition) is 6. The van der Waals surface area contributed by atoms with Crippen LogP contribution in [0, 0.1) is 0 Å².